The predicted molar refractivity (Wildman–Crippen MR) is 79.1 cm³/mol. The van der Waals surface area contributed by atoms with Crippen molar-refractivity contribution in [2.24, 2.45) is 0 Å². The second-order valence-corrected chi connectivity index (χ2v) is 5.12. The average molecular weight is 348 g/mol. The van der Waals surface area contributed by atoms with E-state index in [0.29, 0.717) is 21.4 Å². The minimum absolute atomic E-state index is 0.0841. The van der Waals surface area contributed by atoms with Crippen LogP contribution in [0.2, 0.25) is 0 Å². The summed E-state index contributed by atoms with van der Waals surface area (Å²) < 4.78 is 6.80. The number of para-hydroxylation sites is 1. The van der Waals surface area contributed by atoms with E-state index in [9.17, 15) is 9.90 Å². The van der Waals surface area contributed by atoms with Crippen LogP contribution in [0.4, 0.5) is 0 Å². The molecule has 0 fully saturated rings. The molecule has 0 aliphatic heterocycles. The molecule has 0 saturated heterocycles. The molecule has 7 heteroatoms. The van der Waals surface area contributed by atoms with Crippen LogP contribution in [0.1, 0.15) is 10.5 Å². The highest BCUT2D eigenvalue weighted by atomic mass is 79.9. The lowest BCUT2D eigenvalue weighted by molar-refractivity contribution is 0.0590. The zero-order valence-electron chi connectivity index (χ0n) is 10.9. The third-order valence-corrected chi connectivity index (χ3v) is 3.56. The van der Waals surface area contributed by atoms with Gasteiger partial charge in [0, 0.05) is 5.56 Å². The number of carbonyl (C=O) groups excluding carboxylic acids is 1. The van der Waals surface area contributed by atoms with Crippen LogP contribution in [0.3, 0.4) is 0 Å². The van der Waals surface area contributed by atoms with Crippen LogP contribution in [0.25, 0.3) is 16.9 Å². The monoisotopic (exact) mass is 347 g/mol. The van der Waals surface area contributed by atoms with Gasteiger partial charge in [0.25, 0.3) is 0 Å². The molecule has 3 aromatic rings. The molecule has 0 aliphatic carbocycles. The molecule has 0 unspecified atom stereocenters. The molecular weight excluding hydrogens is 338 g/mol. The van der Waals surface area contributed by atoms with Crippen molar-refractivity contribution in [1.29, 1.82) is 0 Å². The van der Waals surface area contributed by atoms with Crippen LogP contribution in [-0.2, 0) is 4.74 Å². The van der Waals surface area contributed by atoms with Crippen molar-refractivity contribution < 1.29 is 14.6 Å². The smallest absolute Gasteiger partial charge is 0.356 e. The summed E-state index contributed by atoms with van der Waals surface area (Å²) in [6.45, 7) is 0. The molecule has 1 aromatic carbocycles. The SMILES string of the molecule is COC(=O)c1cc(-c2ccccc2O)nc2c(Br)cnn12. The first-order valence-corrected chi connectivity index (χ1v) is 6.82. The summed E-state index contributed by atoms with van der Waals surface area (Å²) in [5.41, 5.74) is 1.68. The van der Waals surface area contributed by atoms with Crippen molar-refractivity contribution in [3.05, 3.63) is 46.7 Å². The quantitative estimate of drug-likeness (QED) is 0.721. The van der Waals surface area contributed by atoms with E-state index >= 15 is 0 Å². The average Bonchev–Trinajstić information content (AvgIpc) is 2.87. The highest BCUT2D eigenvalue weighted by molar-refractivity contribution is 9.10. The summed E-state index contributed by atoms with van der Waals surface area (Å²) in [6.07, 6.45) is 1.55. The molecule has 0 radical (unpaired) electrons. The molecule has 0 aliphatic rings. The number of hydrogen-bond donors (Lipinski definition) is 1. The van der Waals surface area contributed by atoms with Gasteiger partial charge < -0.3 is 9.84 Å². The molecule has 0 bridgehead atoms. The maximum atomic E-state index is 11.9. The van der Waals surface area contributed by atoms with Gasteiger partial charge in [-0.1, -0.05) is 12.1 Å². The maximum absolute atomic E-state index is 11.9. The van der Waals surface area contributed by atoms with Gasteiger partial charge >= 0.3 is 5.97 Å². The number of fused-ring (bicyclic) bond motifs is 1. The summed E-state index contributed by atoms with van der Waals surface area (Å²) in [5, 5.41) is 14.0. The lowest BCUT2D eigenvalue weighted by Crippen LogP contribution is -2.10. The number of aromatic hydroxyl groups is 1. The Balaban J connectivity index is 2.32. The summed E-state index contributed by atoms with van der Waals surface area (Å²) in [6, 6.07) is 8.31. The zero-order valence-corrected chi connectivity index (χ0v) is 12.5. The molecule has 0 spiro atoms. The Kier molecular flexibility index (Phi) is 3.34. The zero-order chi connectivity index (χ0) is 15.0. The Morgan fingerprint density at radius 1 is 1.38 bits per heavy atom. The Morgan fingerprint density at radius 2 is 2.14 bits per heavy atom. The van der Waals surface area contributed by atoms with E-state index in [1.54, 1.807) is 30.5 Å². The van der Waals surface area contributed by atoms with Gasteiger partial charge in [-0.3, -0.25) is 0 Å². The van der Waals surface area contributed by atoms with Gasteiger partial charge in [0.15, 0.2) is 11.3 Å². The van der Waals surface area contributed by atoms with Gasteiger partial charge in [-0.05, 0) is 34.1 Å². The second kappa shape index (κ2) is 5.17. The summed E-state index contributed by atoms with van der Waals surface area (Å²) >= 11 is 3.34. The molecule has 6 nitrogen and oxygen atoms in total. The fraction of sp³-hybridized carbons (Fsp3) is 0.0714. The van der Waals surface area contributed by atoms with E-state index in [0.717, 1.165) is 0 Å². The molecule has 1 N–H and O–H groups in total. The number of hydrogen-bond acceptors (Lipinski definition) is 5. The second-order valence-electron chi connectivity index (χ2n) is 4.26. The fourth-order valence-electron chi connectivity index (χ4n) is 2.01. The Bertz CT molecular complexity index is 845. The molecule has 0 saturated carbocycles. The standard InChI is InChI=1S/C14H10BrN3O3/c1-21-14(20)11-6-10(8-4-2-3-5-12(8)19)17-13-9(15)7-16-18(11)13/h2-7,19H,1H3. The van der Waals surface area contributed by atoms with Crippen molar-refractivity contribution in [2.75, 3.05) is 7.11 Å². The summed E-state index contributed by atoms with van der Waals surface area (Å²) in [7, 11) is 1.30. The van der Waals surface area contributed by atoms with E-state index in [4.69, 9.17) is 4.74 Å². The van der Waals surface area contributed by atoms with Gasteiger partial charge in [0.1, 0.15) is 5.75 Å². The van der Waals surface area contributed by atoms with Crippen LogP contribution in [0.15, 0.2) is 41.0 Å². The van der Waals surface area contributed by atoms with E-state index in [1.165, 1.54) is 17.7 Å². The fourth-order valence-corrected chi connectivity index (χ4v) is 2.36. The molecule has 3 rings (SSSR count). The number of aromatic nitrogens is 3. The van der Waals surface area contributed by atoms with Gasteiger partial charge in [-0.2, -0.15) is 5.10 Å². The van der Waals surface area contributed by atoms with Gasteiger partial charge in [-0.25, -0.2) is 14.3 Å². The molecule has 0 amide bonds. The highest BCUT2D eigenvalue weighted by Crippen LogP contribution is 2.29. The lowest BCUT2D eigenvalue weighted by Gasteiger charge is -2.08. The van der Waals surface area contributed by atoms with Crippen molar-refractivity contribution >= 4 is 27.5 Å². The molecular formula is C14H10BrN3O3. The van der Waals surface area contributed by atoms with Gasteiger partial charge in [-0.15, -0.1) is 0 Å². The van der Waals surface area contributed by atoms with Crippen LogP contribution in [-0.4, -0.2) is 32.8 Å². The summed E-state index contributed by atoms with van der Waals surface area (Å²) in [5.74, 6) is -0.449. The minimum atomic E-state index is -0.533. The third-order valence-electron chi connectivity index (χ3n) is 3.00. The van der Waals surface area contributed by atoms with Crippen molar-refractivity contribution in [3.8, 4) is 17.0 Å². The minimum Gasteiger partial charge on any atom is -0.507 e. The number of ether oxygens (including phenoxy) is 1. The number of nitrogens with zero attached hydrogens (tertiary/aromatic N) is 3. The molecule has 21 heavy (non-hydrogen) atoms. The van der Waals surface area contributed by atoms with Crippen molar-refractivity contribution in [1.82, 2.24) is 14.6 Å². The number of phenols is 1. The van der Waals surface area contributed by atoms with E-state index in [1.807, 2.05) is 0 Å². The number of phenolic OH excluding ortho intramolecular Hbond substituents is 1. The molecule has 106 valence electrons. The number of methoxy groups -OCH3 is 1. The van der Waals surface area contributed by atoms with E-state index in [-0.39, 0.29) is 11.4 Å². The maximum Gasteiger partial charge on any atom is 0.356 e. The third kappa shape index (κ3) is 2.25. The van der Waals surface area contributed by atoms with E-state index < -0.39 is 5.97 Å². The van der Waals surface area contributed by atoms with E-state index in [2.05, 4.69) is 26.0 Å². The van der Waals surface area contributed by atoms with Crippen molar-refractivity contribution in [3.63, 3.8) is 0 Å². The number of halogens is 1. The number of esters is 1. The number of carbonyl (C=O) groups is 1. The van der Waals surface area contributed by atoms with Crippen LogP contribution >= 0.6 is 15.9 Å². The highest BCUT2D eigenvalue weighted by Gasteiger charge is 2.18. The Labute approximate surface area is 128 Å². The molecule has 0 atom stereocenters. The Morgan fingerprint density at radius 3 is 2.86 bits per heavy atom. The predicted octanol–water partition coefficient (Wildman–Crippen LogP) is 2.65. The van der Waals surface area contributed by atoms with Crippen molar-refractivity contribution in [2.45, 2.75) is 0 Å². The first-order chi connectivity index (χ1) is 10.1. The number of benzene rings is 1. The normalized spacial score (nSPS) is 10.8. The lowest BCUT2D eigenvalue weighted by atomic mass is 10.1. The largest absolute Gasteiger partial charge is 0.507 e. The van der Waals surface area contributed by atoms with Crippen LogP contribution in [0, 0.1) is 0 Å². The molecule has 2 aromatic heterocycles. The molecule has 2 heterocycles. The Hall–Kier alpha value is -2.41. The first kappa shape index (κ1) is 13.6. The van der Waals surface area contributed by atoms with Crippen LogP contribution in [0.5, 0.6) is 5.75 Å². The number of rotatable bonds is 2. The van der Waals surface area contributed by atoms with Crippen LogP contribution < -0.4 is 0 Å². The topological polar surface area (TPSA) is 76.7 Å². The van der Waals surface area contributed by atoms with Gasteiger partial charge in [0.05, 0.1) is 23.5 Å². The van der Waals surface area contributed by atoms with Gasteiger partial charge in [0.2, 0.25) is 0 Å². The summed E-state index contributed by atoms with van der Waals surface area (Å²) in [4.78, 5) is 16.3. The first-order valence-electron chi connectivity index (χ1n) is 6.03.